The van der Waals surface area contributed by atoms with Crippen molar-refractivity contribution in [3.8, 4) is 17.3 Å². The van der Waals surface area contributed by atoms with E-state index >= 15 is 0 Å². The molecule has 1 fully saturated rings. The maximum Gasteiger partial charge on any atom is 0.432 e. The van der Waals surface area contributed by atoms with Crippen molar-refractivity contribution in [2.45, 2.75) is 32.0 Å². The van der Waals surface area contributed by atoms with E-state index in [0.717, 1.165) is 4.57 Å². The van der Waals surface area contributed by atoms with Gasteiger partial charge in [0.05, 0.1) is 21.7 Å². The second-order valence-electron chi connectivity index (χ2n) is 6.53. The Bertz CT molecular complexity index is 939. The highest BCUT2D eigenvalue weighted by Crippen LogP contribution is 2.48. The fraction of sp³-hybridized carbons (Fsp3) is 0.333. The van der Waals surface area contributed by atoms with Gasteiger partial charge in [-0.25, -0.2) is 0 Å². The number of carboxylic acids is 1. The summed E-state index contributed by atoms with van der Waals surface area (Å²) in [5.41, 5.74) is -2.62. The van der Waals surface area contributed by atoms with Crippen LogP contribution in [0.15, 0.2) is 24.3 Å². The lowest BCUT2D eigenvalue weighted by molar-refractivity contribution is -0.158. The number of hydrogen-bond donors (Lipinski definition) is 1. The number of aromatic nitrogens is 1. The molecule has 4 nitrogen and oxygen atoms in total. The number of aliphatic carboxylic acids is 1. The zero-order valence-corrected chi connectivity index (χ0v) is 15.3. The first-order chi connectivity index (χ1) is 12.6. The fourth-order valence-electron chi connectivity index (χ4n) is 3.38. The van der Waals surface area contributed by atoms with Crippen LogP contribution in [0.2, 0.25) is 10.0 Å². The van der Waals surface area contributed by atoms with Gasteiger partial charge in [-0.05, 0) is 30.5 Å². The summed E-state index contributed by atoms with van der Waals surface area (Å²) >= 11 is 11.8. The van der Waals surface area contributed by atoms with Gasteiger partial charge in [-0.2, -0.15) is 18.4 Å². The molecule has 0 spiro atoms. The lowest BCUT2D eigenvalue weighted by Crippen LogP contribution is -2.42. The van der Waals surface area contributed by atoms with Crippen molar-refractivity contribution in [2.24, 2.45) is 5.41 Å². The van der Waals surface area contributed by atoms with Gasteiger partial charge in [0.2, 0.25) is 0 Å². The maximum atomic E-state index is 13.7. The molecule has 3 rings (SSSR count). The highest BCUT2D eigenvalue weighted by Gasteiger charge is 2.48. The number of nitrogens with zero attached hydrogens (tertiary/aromatic N) is 2. The number of halogens is 5. The van der Waals surface area contributed by atoms with Gasteiger partial charge in [-0.3, -0.25) is 4.79 Å². The van der Waals surface area contributed by atoms with Crippen LogP contribution in [0.1, 0.15) is 30.5 Å². The molecule has 2 aromatic rings. The summed E-state index contributed by atoms with van der Waals surface area (Å²) in [7, 11) is 0. The summed E-state index contributed by atoms with van der Waals surface area (Å²) in [5.74, 6) is -1.16. The van der Waals surface area contributed by atoms with Gasteiger partial charge in [-0.1, -0.05) is 41.8 Å². The summed E-state index contributed by atoms with van der Waals surface area (Å²) in [5, 5.41) is 18.6. The van der Waals surface area contributed by atoms with Crippen LogP contribution in [0.4, 0.5) is 13.2 Å². The zero-order valence-electron chi connectivity index (χ0n) is 13.8. The average Bonchev–Trinajstić information content (AvgIpc) is 2.82. The minimum absolute atomic E-state index is 0.0565. The molecule has 1 heterocycles. The number of nitriles is 1. The summed E-state index contributed by atoms with van der Waals surface area (Å²) in [6, 6.07) is 7.63. The largest absolute Gasteiger partial charge is 0.481 e. The van der Waals surface area contributed by atoms with E-state index in [-0.39, 0.29) is 24.1 Å². The van der Waals surface area contributed by atoms with Gasteiger partial charge < -0.3 is 9.67 Å². The van der Waals surface area contributed by atoms with Gasteiger partial charge in [0.15, 0.2) is 0 Å². The first-order valence-electron chi connectivity index (χ1n) is 7.99. The van der Waals surface area contributed by atoms with Gasteiger partial charge in [-0.15, -0.1) is 0 Å². The third kappa shape index (κ3) is 3.28. The molecule has 1 aliphatic carbocycles. The lowest BCUT2D eigenvalue weighted by atomic mass is 9.68. The summed E-state index contributed by atoms with van der Waals surface area (Å²) < 4.78 is 42.0. The topological polar surface area (TPSA) is 66.0 Å². The lowest BCUT2D eigenvalue weighted by Gasteiger charge is -2.39. The van der Waals surface area contributed by atoms with E-state index in [1.54, 1.807) is 6.07 Å². The van der Waals surface area contributed by atoms with Crippen molar-refractivity contribution < 1.29 is 23.1 Å². The number of carboxylic acid groups (broad SMARTS) is 1. The molecule has 1 aliphatic rings. The van der Waals surface area contributed by atoms with Crippen LogP contribution in [0, 0.1) is 16.7 Å². The first-order valence-corrected chi connectivity index (χ1v) is 8.75. The SMILES string of the molecule is N#Cc1c(Cl)c(C(F)(F)F)n(CC2(C(=O)O)CCC2)c1-c1ccc(Cl)cc1. The highest BCUT2D eigenvalue weighted by atomic mass is 35.5. The van der Waals surface area contributed by atoms with Crippen molar-refractivity contribution in [3.63, 3.8) is 0 Å². The molecule has 0 saturated heterocycles. The van der Waals surface area contributed by atoms with Crippen molar-refractivity contribution in [1.29, 1.82) is 5.26 Å². The number of benzene rings is 1. The molecule has 0 aliphatic heterocycles. The number of hydrogen-bond acceptors (Lipinski definition) is 2. The van der Waals surface area contributed by atoms with Crippen LogP contribution in [-0.4, -0.2) is 15.6 Å². The van der Waals surface area contributed by atoms with E-state index < -0.39 is 34.8 Å². The average molecular weight is 417 g/mol. The quantitative estimate of drug-likeness (QED) is 0.704. The Balaban J connectivity index is 2.30. The van der Waals surface area contributed by atoms with E-state index in [9.17, 15) is 28.3 Å². The van der Waals surface area contributed by atoms with Crippen LogP contribution in [-0.2, 0) is 17.5 Å². The molecule has 0 bridgehead atoms. The first kappa shape index (κ1) is 19.6. The van der Waals surface area contributed by atoms with Crippen LogP contribution in [0.3, 0.4) is 0 Å². The van der Waals surface area contributed by atoms with E-state index in [0.29, 0.717) is 17.0 Å². The molecule has 1 N–H and O–H groups in total. The molecule has 0 atom stereocenters. The predicted molar refractivity (Wildman–Crippen MR) is 93.5 cm³/mol. The Hall–Kier alpha value is -2.17. The van der Waals surface area contributed by atoms with Gasteiger partial charge in [0.1, 0.15) is 11.8 Å². The van der Waals surface area contributed by atoms with Crippen molar-refractivity contribution in [3.05, 3.63) is 45.6 Å². The molecule has 1 aromatic heterocycles. The van der Waals surface area contributed by atoms with Crippen molar-refractivity contribution in [1.82, 2.24) is 4.57 Å². The molecular weight excluding hydrogens is 404 g/mol. The van der Waals surface area contributed by atoms with Gasteiger partial charge in [0, 0.05) is 11.6 Å². The normalized spacial score (nSPS) is 15.9. The molecule has 0 amide bonds. The summed E-state index contributed by atoms with van der Waals surface area (Å²) in [6.45, 7) is -0.420. The van der Waals surface area contributed by atoms with Gasteiger partial charge in [0.25, 0.3) is 0 Å². The number of carbonyl (C=O) groups is 1. The van der Waals surface area contributed by atoms with Crippen LogP contribution in [0.5, 0.6) is 0 Å². The third-order valence-corrected chi connectivity index (χ3v) is 5.55. The molecular formula is C18H13Cl2F3N2O2. The van der Waals surface area contributed by atoms with Crippen molar-refractivity contribution in [2.75, 3.05) is 0 Å². The highest BCUT2D eigenvalue weighted by molar-refractivity contribution is 6.33. The predicted octanol–water partition coefficient (Wildman–Crippen LogP) is 5.61. The Morgan fingerprint density at radius 3 is 2.26 bits per heavy atom. The third-order valence-electron chi connectivity index (χ3n) is 4.93. The van der Waals surface area contributed by atoms with Crippen LogP contribution < -0.4 is 0 Å². The van der Waals surface area contributed by atoms with E-state index in [2.05, 4.69) is 0 Å². The number of alkyl halides is 3. The Morgan fingerprint density at radius 1 is 1.26 bits per heavy atom. The smallest absolute Gasteiger partial charge is 0.432 e. The van der Waals surface area contributed by atoms with Crippen LogP contribution >= 0.6 is 23.2 Å². The minimum atomic E-state index is -4.85. The van der Waals surface area contributed by atoms with Gasteiger partial charge >= 0.3 is 12.1 Å². The number of rotatable bonds is 4. The Kier molecular flexibility index (Phi) is 4.91. The molecule has 1 saturated carbocycles. The van der Waals surface area contributed by atoms with Crippen LogP contribution in [0.25, 0.3) is 11.3 Å². The fourth-order valence-corrected chi connectivity index (χ4v) is 3.85. The molecule has 1 aromatic carbocycles. The molecule has 0 unspecified atom stereocenters. The monoisotopic (exact) mass is 416 g/mol. The zero-order chi connectivity index (χ0) is 20.0. The second kappa shape index (κ2) is 6.77. The molecule has 142 valence electrons. The molecule has 0 radical (unpaired) electrons. The van der Waals surface area contributed by atoms with Crippen molar-refractivity contribution >= 4 is 29.2 Å². The molecule has 27 heavy (non-hydrogen) atoms. The Morgan fingerprint density at radius 2 is 1.85 bits per heavy atom. The maximum absolute atomic E-state index is 13.7. The Labute approximate surface area is 162 Å². The van der Waals surface area contributed by atoms with E-state index in [4.69, 9.17) is 23.2 Å². The molecule has 9 heteroatoms. The van der Waals surface area contributed by atoms with E-state index in [1.807, 2.05) is 0 Å². The second-order valence-corrected chi connectivity index (χ2v) is 7.34. The standard InChI is InChI=1S/C18H13Cl2F3N2O2/c19-11-4-2-10(3-5-11)14-12(8-24)13(20)15(18(21,22)23)25(14)9-17(16(26)27)6-1-7-17/h2-5H,1,6-7,9H2,(H,26,27). The van der Waals surface area contributed by atoms with E-state index in [1.165, 1.54) is 24.3 Å². The minimum Gasteiger partial charge on any atom is -0.481 e. The summed E-state index contributed by atoms with van der Waals surface area (Å²) in [6.07, 6.45) is -3.71. The summed E-state index contributed by atoms with van der Waals surface area (Å²) in [4.78, 5) is 11.7.